The Morgan fingerprint density at radius 2 is 0.508 bits per heavy atom. The number of rotatable bonds is 8. The van der Waals surface area contributed by atoms with Gasteiger partial charge < -0.3 is 13.7 Å². The van der Waals surface area contributed by atoms with Gasteiger partial charge in [-0.05, 0) is 94.4 Å². The van der Waals surface area contributed by atoms with E-state index < -0.39 is 8.07 Å². The number of allylic oxidation sites excluding steroid dienone is 1. The smallest absolute Gasteiger partial charge is 0.151 e. The van der Waals surface area contributed by atoms with Crippen molar-refractivity contribution in [2.24, 2.45) is 0 Å². The maximum absolute atomic E-state index is 4.42. The first-order chi connectivity index (χ1) is 30.2. The Hall–Kier alpha value is -7.66. The molecule has 0 radical (unpaired) electrons. The molecular weight excluding hydrogens is 755 g/mol. The van der Waals surface area contributed by atoms with E-state index in [1.54, 1.807) is 0 Å². The second-order valence-electron chi connectivity index (χ2n) is 16.1. The molecule has 4 heteroatoms. The summed E-state index contributed by atoms with van der Waals surface area (Å²) in [6, 6.07) is 81.7. The molecule has 0 aliphatic heterocycles. The van der Waals surface area contributed by atoms with Crippen molar-refractivity contribution in [1.82, 2.24) is 13.7 Å². The third-order valence-electron chi connectivity index (χ3n) is 13.0. The average molecular weight is 796 g/mol. The molecule has 0 aliphatic rings. The molecule has 288 valence electrons. The molecule has 3 heterocycles. The fraction of sp³-hybridized carbons (Fsp3) is 0.0175. The van der Waals surface area contributed by atoms with Crippen LogP contribution in [0.25, 0.3) is 82.5 Å². The first-order valence-corrected chi connectivity index (χ1v) is 23.3. The molecule has 0 spiro atoms. The van der Waals surface area contributed by atoms with Gasteiger partial charge in [-0.2, -0.15) is 0 Å². The van der Waals surface area contributed by atoms with Crippen LogP contribution in [0.1, 0.15) is 0 Å². The molecule has 0 atom stereocenters. The molecule has 12 rings (SSSR count). The van der Waals surface area contributed by atoms with Crippen LogP contribution in [-0.4, -0.2) is 21.8 Å². The lowest BCUT2D eigenvalue weighted by molar-refractivity contribution is 1.18. The minimum atomic E-state index is -2.72. The lowest BCUT2D eigenvalue weighted by Gasteiger charge is -2.33. The summed E-state index contributed by atoms with van der Waals surface area (Å²) in [4.78, 5) is 0. The molecule has 0 unspecified atom stereocenters. The van der Waals surface area contributed by atoms with E-state index in [0.717, 1.165) is 23.1 Å². The SMILES string of the molecule is C=CC[Si](c1ccc(-n2c3ccccc3c3ccccc32)cc1)(c1ccc(-n2c3ccccc3c3ccccc32)cc1)c1ccc(-n2c3ccccc3c3ccccc32)cc1. The highest BCUT2D eigenvalue weighted by molar-refractivity contribution is 7.11. The van der Waals surface area contributed by atoms with Gasteiger partial charge in [0.2, 0.25) is 0 Å². The summed E-state index contributed by atoms with van der Waals surface area (Å²) in [5.41, 5.74) is 10.8. The molecule has 0 bridgehead atoms. The molecule has 61 heavy (non-hydrogen) atoms. The quantitative estimate of drug-likeness (QED) is 0.0827. The van der Waals surface area contributed by atoms with Crippen LogP contribution in [0.15, 0.2) is 231 Å². The van der Waals surface area contributed by atoms with Crippen molar-refractivity contribution >= 4 is 89.1 Å². The number of nitrogens with zero attached hydrogens (tertiary/aromatic N) is 3. The number of hydrogen-bond donors (Lipinski definition) is 0. The van der Waals surface area contributed by atoms with Gasteiger partial charge in [-0.3, -0.25) is 0 Å². The number of para-hydroxylation sites is 6. The van der Waals surface area contributed by atoms with Gasteiger partial charge in [0.1, 0.15) is 0 Å². The van der Waals surface area contributed by atoms with Crippen molar-refractivity contribution in [2.45, 2.75) is 6.04 Å². The van der Waals surface area contributed by atoms with Crippen molar-refractivity contribution in [3.05, 3.63) is 231 Å². The molecule has 3 aromatic heterocycles. The predicted octanol–water partition coefficient (Wildman–Crippen LogP) is 12.6. The Kier molecular flexibility index (Phi) is 8.09. The van der Waals surface area contributed by atoms with E-state index in [-0.39, 0.29) is 0 Å². The van der Waals surface area contributed by atoms with Crippen molar-refractivity contribution < 1.29 is 0 Å². The zero-order chi connectivity index (χ0) is 40.5. The number of aromatic nitrogens is 3. The molecule has 9 aromatic carbocycles. The molecule has 0 N–H and O–H groups in total. The van der Waals surface area contributed by atoms with Crippen LogP contribution in [0.3, 0.4) is 0 Å². The van der Waals surface area contributed by atoms with Crippen LogP contribution in [0.4, 0.5) is 0 Å². The highest BCUT2D eigenvalue weighted by Gasteiger charge is 2.38. The molecular formula is C57H41N3Si. The standard InChI is InChI=1S/C57H41N3Si/c1-2-39-61(43-33-27-40(28-34-43)58-52-21-9-3-15-46(52)47-16-4-10-22-53(47)58,44-35-29-41(30-36-44)59-54-23-11-5-17-48(54)49-18-6-12-24-55(49)59)45-37-31-42(32-38-45)60-56-25-13-7-19-50(56)51-20-8-14-26-57(51)60/h2-38H,1,39H2. The molecule has 12 aromatic rings. The zero-order valence-corrected chi connectivity index (χ0v) is 34.6. The van der Waals surface area contributed by atoms with Gasteiger partial charge in [0.05, 0.1) is 33.1 Å². The molecule has 0 aliphatic carbocycles. The summed E-state index contributed by atoms with van der Waals surface area (Å²) < 4.78 is 7.23. The van der Waals surface area contributed by atoms with Crippen LogP contribution in [0, 0.1) is 0 Å². The van der Waals surface area contributed by atoms with E-state index >= 15 is 0 Å². The molecule has 0 saturated carbocycles. The number of hydrogen-bond acceptors (Lipinski definition) is 0. The van der Waals surface area contributed by atoms with Crippen LogP contribution in [0.5, 0.6) is 0 Å². The van der Waals surface area contributed by atoms with Crippen molar-refractivity contribution in [2.75, 3.05) is 0 Å². The lowest BCUT2D eigenvalue weighted by atomic mass is 10.2. The Balaban J connectivity index is 1.04. The highest BCUT2D eigenvalue weighted by atomic mass is 28.3. The summed E-state index contributed by atoms with van der Waals surface area (Å²) in [7, 11) is -2.72. The Morgan fingerprint density at radius 3 is 0.721 bits per heavy atom. The van der Waals surface area contributed by atoms with Gasteiger partial charge in [-0.15, -0.1) is 6.58 Å². The summed E-state index contributed by atoms with van der Waals surface area (Å²) in [6.07, 6.45) is 2.15. The first kappa shape index (κ1) is 35.3. The summed E-state index contributed by atoms with van der Waals surface area (Å²) in [5.74, 6) is 0. The molecule has 0 amide bonds. The number of benzene rings is 9. The maximum atomic E-state index is 4.42. The molecule has 0 fully saturated rings. The van der Waals surface area contributed by atoms with Gasteiger partial charge in [0, 0.05) is 49.4 Å². The Morgan fingerprint density at radius 1 is 0.295 bits per heavy atom. The minimum absolute atomic E-state index is 0.852. The van der Waals surface area contributed by atoms with E-state index in [0.29, 0.717) is 0 Å². The average Bonchev–Trinajstić information content (AvgIpc) is 3.97. The summed E-state index contributed by atoms with van der Waals surface area (Å²) >= 11 is 0. The third-order valence-corrected chi connectivity index (χ3v) is 17.9. The van der Waals surface area contributed by atoms with Crippen LogP contribution >= 0.6 is 0 Å². The Bertz CT molecular complexity index is 3090. The monoisotopic (exact) mass is 795 g/mol. The minimum Gasteiger partial charge on any atom is -0.309 e. The maximum Gasteiger partial charge on any atom is 0.151 e. The topological polar surface area (TPSA) is 14.8 Å². The molecule has 3 nitrogen and oxygen atoms in total. The largest absolute Gasteiger partial charge is 0.309 e. The van der Waals surface area contributed by atoms with Gasteiger partial charge >= 0.3 is 0 Å². The van der Waals surface area contributed by atoms with Gasteiger partial charge in [-0.25, -0.2) is 0 Å². The lowest BCUT2D eigenvalue weighted by Crippen LogP contribution is -2.66. The fourth-order valence-corrected chi connectivity index (χ4v) is 14.7. The molecule has 0 saturated heterocycles. The van der Waals surface area contributed by atoms with Crippen LogP contribution in [-0.2, 0) is 0 Å². The summed E-state index contributed by atoms with van der Waals surface area (Å²) in [6.45, 7) is 4.42. The fourth-order valence-electron chi connectivity index (χ4n) is 10.4. The van der Waals surface area contributed by atoms with Gasteiger partial charge in [-0.1, -0.05) is 152 Å². The second-order valence-corrected chi connectivity index (χ2v) is 20.1. The highest BCUT2D eigenvalue weighted by Crippen LogP contribution is 2.35. The normalized spacial score (nSPS) is 12.1. The van der Waals surface area contributed by atoms with E-state index in [4.69, 9.17) is 0 Å². The van der Waals surface area contributed by atoms with Gasteiger partial charge in [0.15, 0.2) is 8.07 Å². The summed E-state index contributed by atoms with van der Waals surface area (Å²) in [5, 5.41) is 11.7. The van der Waals surface area contributed by atoms with E-state index in [1.165, 1.54) is 81.0 Å². The van der Waals surface area contributed by atoms with Crippen molar-refractivity contribution in [3.8, 4) is 17.1 Å². The van der Waals surface area contributed by atoms with Crippen LogP contribution in [0.2, 0.25) is 6.04 Å². The van der Waals surface area contributed by atoms with E-state index in [1.807, 2.05) is 0 Å². The third kappa shape index (κ3) is 5.29. The Labute approximate surface area is 355 Å². The second kappa shape index (κ2) is 14.0. The van der Waals surface area contributed by atoms with Crippen molar-refractivity contribution in [3.63, 3.8) is 0 Å². The van der Waals surface area contributed by atoms with E-state index in [2.05, 4.69) is 245 Å². The zero-order valence-electron chi connectivity index (χ0n) is 33.6. The van der Waals surface area contributed by atoms with Crippen LogP contribution < -0.4 is 15.6 Å². The predicted molar refractivity (Wildman–Crippen MR) is 262 cm³/mol. The van der Waals surface area contributed by atoms with Crippen molar-refractivity contribution in [1.29, 1.82) is 0 Å². The number of fused-ring (bicyclic) bond motifs is 9. The van der Waals surface area contributed by atoms with Gasteiger partial charge in [0.25, 0.3) is 0 Å². The van der Waals surface area contributed by atoms with E-state index in [9.17, 15) is 0 Å². The first-order valence-electron chi connectivity index (χ1n) is 21.1.